The molecule has 1 N–H and O–H groups in total. The van der Waals surface area contributed by atoms with Gasteiger partial charge in [0.05, 0.1) is 0 Å². The van der Waals surface area contributed by atoms with Crippen molar-refractivity contribution in [3.8, 4) is 5.75 Å². The summed E-state index contributed by atoms with van der Waals surface area (Å²) >= 11 is 9.15. The van der Waals surface area contributed by atoms with E-state index < -0.39 is 0 Å². The Morgan fingerprint density at radius 1 is 1.33 bits per heavy atom. The van der Waals surface area contributed by atoms with Crippen molar-refractivity contribution in [2.45, 2.75) is 19.8 Å². The van der Waals surface area contributed by atoms with Gasteiger partial charge in [-0.1, -0.05) is 29.3 Å². The van der Waals surface area contributed by atoms with Gasteiger partial charge in [-0.25, -0.2) is 0 Å². The van der Waals surface area contributed by atoms with Crippen LogP contribution in [-0.2, 0) is 0 Å². The molecule has 1 unspecified atom stereocenters. The molecule has 4 heteroatoms. The lowest BCUT2D eigenvalue weighted by Crippen LogP contribution is -2.27. The highest BCUT2D eigenvalue weighted by atomic mass is 79.9. The smallest absolute Gasteiger partial charge is 0.119 e. The van der Waals surface area contributed by atoms with Crippen molar-refractivity contribution in [1.29, 1.82) is 0 Å². The summed E-state index contributed by atoms with van der Waals surface area (Å²) in [5.41, 5.74) is 0. The lowest BCUT2D eigenvalue weighted by Gasteiger charge is -2.14. The van der Waals surface area contributed by atoms with Crippen LogP contribution in [0.15, 0.2) is 28.7 Å². The number of halogens is 2. The maximum atomic E-state index is 5.75. The molecule has 0 aromatic heterocycles. The lowest BCUT2D eigenvalue weighted by atomic mass is 10.0. The average molecular weight is 335 g/mol. The molecule has 0 fully saturated rings. The standard InChI is InChI=1S/C14H21BrClNO/c1-2-12(7-8-16)11-17-9-10-18-14-5-3-13(15)4-6-14/h3-6,12,17H,2,7-11H2,1H3. The van der Waals surface area contributed by atoms with Crippen LogP contribution in [0.2, 0.25) is 0 Å². The molecule has 0 amide bonds. The molecule has 1 rings (SSSR count). The van der Waals surface area contributed by atoms with Gasteiger partial charge in [-0.2, -0.15) is 0 Å². The van der Waals surface area contributed by atoms with E-state index in [2.05, 4.69) is 28.2 Å². The third-order valence-corrected chi connectivity index (χ3v) is 3.64. The van der Waals surface area contributed by atoms with Gasteiger partial charge in [-0.3, -0.25) is 0 Å². The number of benzene rings is 1. The summed E-state index contributed by atoms with van der Waals surface area (Å²) in [7, 11) is 0. The molecular weight excluding hydrogens is 314 g/mol. The van der Waals surface area contributed by atoms with Gasteiger partial charge in [0.2, 0.25) is 0 Å². The van der Waals surface area contributed by atoms with Gasteiger partial charge >= 0.3 is 0 Å². The third-order valence-electron chi connectivity index (χ3n) is 2.89. The van der Waals surface area contributed by atoms with E-state index in [9.17, 15) is 0 Å². The van der Waals surface area contributed by atoms with Crippen molar-refractivity contribution in [2.75, 3.05) is 25.6 Å². The van der Waals surface area contributed by atoms with Gasteiger partial charge in [0.15, 0.2) is 0 Å². The highest BCUT2D eigenvalue weighted by Gasteiger charge is 2.04. The second-order valence-corrected chi connectivity index (χ2v) is 5.55. The number of alkyl halides is 1. The first-order chi connectivity index (χ1) is 8.76. The lowest BCUT2D eigenvalue weighted by molar-refractivity contribution is 0.307. The Hall–Kier alpha value is -0.250. The van der Waals surface area contributed by atoms with E-state index in [4.69, 9.17) is 16.3 Å². The second-order valence-electron chi connectivity index (χ2n) is 4.26. The molecule has 0 aliphatic rings. The average Bonchev–Trinajstić information content (AvgIpc) is 2.39. The van der Waals surface area contributed by atoms with Crippen LogP contribution in [0.4, 0.5) is 0 Å². The van der Waals surface area contributed by atoms with Crippen LogP contribution < -0.4 is 10.1 Å². The molecule has 1 atom stereocenters. The summed E-state index contributed by atoms with van der Waals surface area (Å²) in [6, 6.07) is 7.89. The second kappa shape index (κ2) is 9.65. The fourth-order valence-corrected chi connectivity index (χ4v) is 2.26. The number of nitrogens with one attached hydrogen (secondary N) is 1. The summed E-state index contributed by atoms with van der Waals surface area (Å²) in [4.78, 5) is 0. The van der Waals surface area contributed by atoms with E-state index in [1.165, 1.54) is 6.42 Å². The molecule has 0 aliphatic heterocycles. The Kier molecular flexibility index (Phi) is 8.47. The number of hydrogen-bond donors (Lipinski definition) is 1. The first-order valence-electron chi connectivity index (χ1n) is 6.41. The highest BCUT2D eigenvalue weighted by Crippen LogP contribution is 2.15. The topological polar surface area (TPSA) is 21.3 Å². The van der Waals surface area contributed by atoms with Crippen molar-refractivity contribution < 1.29 is 4.74 Å². The molecule has 1 aromatic carbocycles. The van der Waals surface area contributed by atoms with E-state index in [0.717, 1.165) is 35.6 Å². The minimum atomic E-state index is 0.676. The van der Waals surface area contributed by atoms with Crippen LogP contribution in [0.25, 0.3) is 0 Å². The molecule has 102 valence electrons. The zero-order valence-electron chi connectivity index (χ0n) is 10.8. The van der Waals surface area contributed by atoms with E-state index in [1.54, 1.807) is 0 Å². The van der Waals surface area contributed by atoms with Crippen LogP contribution in [0, 0.1) is 5.92 Å². The molecule has 0 heterocycles. The fraction of sp³-hybridized carbons (Fsp3) is 0.571. The van der Waals surface area contributed by atoms with Crippen LogP contribution >= 0.6 is 27.5 Å². The minimum Gasteiger partial charge on any atom is -0.492 e. The maximum Gasteiger partial charge on any atom is 0.119 e. The quantitative estimate of drug-likeness (QED) is 0.543. The zero-order chi connectivity index (χ0) is 13.2. The first kappa shape index (κ1) is 15.8. The molecule has 0 bridgehead atoms. The molecule has 0 aliphatic carbocycles. The van der Waals surface area contributed by atoms with Crippen molar-refractivity contribution >= 4 is 27.5 Å². The Labute approximate surface area is 123 Å². The van der Waals surface area contributed by atoms with Gasteiger partial charge in [-0.15, -0.1) is 11.6 Å². The fourth-order valence-electron chi connectivity index (χ4n) is 1.68. The first-order valence-corrected chi connectivity index (χ1v) is 7.74. The minimum absolute atomic E-state index is 0.676. The summed E-state index contributed by atoms with van der Waals surface area (Å²) in [5.74, 6) is 2.33. The molecule has 0 spiro atoms. The highest BCUT2D eigenvalue weighted by molar-refractivity contribution is 9.10. The molecule has 2 nitrogen and oxygen atoms in total. The number of rotatable bonds is 9. The van der Waals surface area contributed by atoms with Crippen LogP contribution in [-0.4, -0.2) is 25.6 Å². The maximum absolute atomic E-state index is 5.75. The largest absolute Gasteiger partial charge is 0.492 e. The van der Waals surface area contributed by atoms with Crippen molar-refractivity contribution in [2.24, 2.45) is 5.92 Å². The van der Waals surface area contributed by atoms with Crippen LogP contribution in [0.3, 0.4) is 0 Å². The van der Waals surface area contributed by atoms with Crippen LogP contribution in [0.1, 0.15) is 19.8 Å². The summed E-state index contributed by atoms with van der Waals surface area (Å²) in [5, 5.41) is 3.41. The van der Waals surface area contributed by atoms with Crippen LogP contribution in [0.5, 0.6) is 5.75 Å². The van der Waals surface area contributed by atoms with Crippen molar-refractivity contribution in [3.63, 3.8) is 0 Å². The van der Waals surface area contributed by atoms with Crippen molar-refractivity contribution in [3.05, 3.63) is 28.7 Å². The molecule has 0 radical (unpaired) electrons. The normalized spacial score (nSPS) is 12.4. The molecule has 1 aromatic rings. The van der Waals surface area contributed by atoms with E-state index in [1.807, 2.05) is 24.3 Å². The third kappa shape index (κ3) is 6.62. The molecule has 0 saturated heterocycles. The Morgan fingerprint density at radius 3 is 2.67 bits per heavy atom. The number of ether oxygens (including phenoxy) is 1. The Morgan fingerprint density at radius 2 is 2.06 bits per heavy atom. The summed E-state index contributed by atoms with van der Waals surface area (Å²) in [6.45, 7) is 4.79. The van der Waals surface area contributed by atoms with Gasteiger partial charge in [0.1, 0.15) is 12.4 Å². The predicted molar refractivity (Wildman–Crippen MR) is 81.6 cm³/mol. The Bertz CT molecular complexity index is 318. The van der Waals surface area contributed by atoms with Gasteiger partial charge in [-0.05, 0) is 43.1 Å². The van der Waals surface area contributed by atoms with E-state index >= 15 is 0 Å². The van der Waals surface area contributed by atoms with Gasteiger partial charge in [0.25, 0.3) is 0 Å². The van der Waals surface area contributed by atoms with Crippen molar-refractivity contribution in [1.82, 2.24) is 5.32 Å². The SMILES string of the molecule is CCC(CCCl)CNCCOc1ccc(Br)cc1. The summed E-state index contributed by atoms with van der Waals surface area (Å²) in [6.07, 6.45) is 2.26. The van der Waals surface area contributed by atoms with E-state index in [0.29, 0.717) is 12.5 Å². The predicted octanol–water partition coefficient (Wildman–Crippen LogP) is 4.07. The van der Waals surface area contributed by atoms with Gasteiger partial charge in [0, 0.05) is 16.9 Å². The molecular formula is C14H21BrClNO. The number of hydrogen-bond acceptors (Lipinski definition) is 2. The van der Waals surface area contributed by atoms with Gasteiger partial charge < -0.3 is 10.1 Å². The molecule has 18 heavy (non-hydrogen) atoms. The zero-order valence-corrected chi connectivity index (χ0v) is 13.1. The molecule has 0 saturated carbocycles. The van der Waals surface area contributed by atoms with E-state index in [-0.39, 0.29) is 0 Å². The monoisotopic (exact) mass is 333 g/mol. The summed E-state index contributed by atoms with van der Waals surface area (Å²) < 4.78 is 6.70. The Balaban J connectivity index is 2.09.